The highest BCUT2D eigenvalue weighted by Crippen LogP contribution is 2.21. The number of hydrogen-bond acceptors (Lipinski definition) is 4. The predicted octanol–water partition coefficient (Wildman–Crippen LogP) is 2.82. The number of fused-ring (bicyclic) bond motifs is 1. The van der Waals surface area contributed by atoms with Crippen molar-refractivity contribution in [2.45, 2.75) is 6.92 Å². The molecule has 0 aliphatic heterocycles. The lowest BCUT2D eigenvalue weighted by Gasteiger charge is -2.09. The number of aromatic nitrogens is 3. The SMILES string of the molecule is CNc1cn2ccnc2c(Nc2ccc(C)cc2)n1. The van der Waals surface area contributed by atoms with E-state index in [0.29, 0.717) is 0 Å². The summed E-state index contributed by atoms with van der Waals surface area (Å²) >= 11 is 0. The van der Waals surface area contributed by atoms with Crippen molar-refractivity contribution in [1.82, 2.24) is 14.4 Å². The fourth-order valence-corrected chi connectivity index (χ4v) is 1.91. The highest BCUT2D eigenvalue weighted by molar-refractivity contribution is 5.71. The number of hydrogen-bond donors (Lipinski definition) is 2. The lowest BCUT2D eigenvalue weighted by Crippen LogP contribution is -2.02. The number of nitrogens with zero attached hydrogens (tertiary/aromatic N) is 3. The van der Waals surface area contributed by atoms with Crippen LogP contribution in [0.15, 0.2) is 42.9 Å². The van der Waals surface area contributed by atoms with Gasteiger partial charge in [-0.2, -0.15) is 0 Å². The molecule has 0 radical (unpaired) electrons. The van der Waals surface area contributed by atoms with Gasteiger partial charge >= 0.3 is 0 Å². The van der Waals surface area contributed by atoms with E-state index >= 15 is 0 Å². The van der Waals surface area contributed by atoms with Gasteiger partial charge < -0.3 is 15.0 Å². The standard InChI is InChI=1S/C14H15N5/c1-10-3-5-11(6-4-10)17-13-14-16-7-8-19(14)9-12(15-2)18-13/h3-9,15H,1-2H3,(H,17,18). The third kappa shape index (κ3) is 2.22. The highest BCUT2D eigenvalue weighted by atomic mass is 15.1. The van der Waals surface area contributed by atoms with Gasteiger partial charge in [-0.05, 0) is 19.1 Å². The van der Waals surface area contributed by atoms with Crippen molar-refractivity contribution in [1.29, 1.82) is 0 Å². The van der Waals surface area contributed by atoms with Crippen LogP contribution in [0, 0.1) is 6.92 Å². The maximum absolute atomic E-state index is 4.50. The molecule has 5 heteroatoms. The minimum atomic E-state index is 0.737. The molecule has 0 fully saturated rings. The van der Waals surface area contributed by atoms with E-state index in [4.69, 9.17) is 0 Å². The molecule has 0 spiro atoms. The van der Waals surface area contributed by atoms with Crippen molar-refractivity contribution in [2.24, 2.45) is 0 Å². The molecular formula is C14H15N5. The summed E-state index contributed by atoms with van der Waals surface area (Å²) < 4.78 is 1.94. The predicted molar refractivity (Wildman–Crippen MR) is 77.0 cm³/mol. The van der Waals surface area contributed by atoms with Gasteiger partial charge in [0, 0.05) is 25.1 Å². The molecule has 0 atom stereocenters. The van der Waals surface area contributed by atoms with Gasteiger partial charge in [-0.3, -0.25) is 0 Å². The first-order valence-corrected chi connectivity index (χ1v) is 6.11. The topological polar surface area (TPSA) is 54.2 Å². The van der Waals surface area contributed by atoms with Crippen LogP contribution in [0.5, 0.6) is 0 Å². The first-order valence-electron chi connectivity index (χ1n) is 6.11. The number of benzene rings is 1. The molecule has 0 amide bonds. The molecule has 2 heterocycles. The molecule has 0 bridgehead atoms. The molecule has 2 N–H and O–H groups in total. The number of anilines is 3. The second-order valence-electron chi connectivity index (χ2n) is 4.37. The molecule has 0 unspecified atom stereocenters. The van der Waals surface area contributed by atoms with Crippen molar-refractivity contribution in [3.05, 3.63) is 48.4 Å². The van der Waals surface area contributed by atoms with Gasteiger partial charge in [-0.15, -0.1) is 0 Å². The largest absolute Gasteiger partial charge is 0.372 e. The molecule has 3 aromatic rings. The Bertz CT molecular complexity index is 699. The molecule has 96 valence electrons. The monoisotopic (exact) mass is 253 g/mol. The zero-order valence-corrected chi connectivity index (χ0v) is 10.9. The van der Waals surface area contributed by atoms with Crippen molar-refractivity contribution in [3.8, 4) is 0 Å². The maximum Gasteiger partial charge on any atom is 0.180 e. The van der Waals surface area contributed by atoms with E-state index in [9.17, 15) is 0 Å². The fourth-order valence-electron chi connectivity index (χ4n) is 1.91. The first kappa shape index (κ1) is 11.5. The van der Waals surface area contributed by atoms with Gasteiger partial charge in [0.1, 0.15) is 5.82 Å². The first-order chi connectivity index (χ1) is 9.26. The van der Waals surface area contributed by atoms with Gasteiger partial charge in [0.15, 0.2) is 11.5 Å². The zero-order valence-electron chi connectivity index (χ0n) is 10.9. The van der Waals surface area contributed by atoms with E-state index in [1.807, 2.05) is 36.0 Å². The molecule has 3 rings (SSSR count). The molecule has 0 saturated carbocycles. The van der Waals surface area contributed by atoms with Crippen LogP contribution in [0.2, 0.25) is 0 Å². The van der Waals surface area contributed by atoms with Crippen LogP contribution in [-0.2, 0) is 0 Å². The summed E-state index contributed by atoms with van der Waals surface area (Å²) in [7, 11) is 1.85. The highest BCUT2D eigenvalue weighted by Gasteiger charge is 2.07. The van der Waals surface area contributed by atoms with Gasteiger partial charge in [0.05, 0.1) is 6.20 Å². The summed E-state index contributed by atoms with van der Waals surface area (Å²) in [6.07, 6.45) is 5.57. The molecule has 19 heavy (non-hydrogen) atoms. The number of imidazole rings is 1. The lowest BCUT2D eigenvalue weighted by molar-refractivity contribution is 1.12. The van der Waals surface area contributed by atoms with Crippen LogP contribution < -0.4 is 10.6 Å². The molecule has 0 saturated heterocycles. The fraction of sp³-hybridized carbons (Fsp3) is 0.143. The summed E-state index contributed by atoms with van der Waals surface area (Å²) in [4.78, 5) is 8.82. The average molecular weight is 253 g/mol. The summed E-state index contributed by atoms with van der Waals surface area (Å²) in [5, 5.41) is 6.34. The zero-order chi connectivity index (χ0) is 13.2. The van der Waals surface area contributed by atoms with Crippen LogP contribution >= 0.6 is 0 Å². The van der Waals surface area contributed by atoms with Crippen molar-refractivity contribution in [3.63, 3.8) is 0 Å². The second kappa shape index (κ2) is 4.61. The lowest BCUT2D eigenvalue weighted by atomic mass is 10.2. The minimum absolute atomic E-state index is 0.737. The molecular weight excluding hydrogens is 238 g/mol. The average Bonchev–Trinajstić information content (AvgIpc) is 2.89. The van der Waals surface area contributed by atoms with Gasteiger partial charge in [-0.1, -0.05) is 17.7 Å². The van der Waals surface area contributed by atoms with Gasteiger partial charge in [0.25, 0.3) is 0 Å². The maximum atomic E-state index is 4.50. The van der Waals surface area contributed by atoms with Crippen LogP contribution in [0.4, 0.5) is 17.3 Å². The van der Waals surface area contributed by atoms with Crippen LogP contribution in [0.25, 0.3) is 5.65 Å². The summed E-state index contributed by atoms with van der Waals surface area (Å²) in [5.41, 5.74) is 3.03. The Kier molecular flexibility index (Phi) is 2.79. The molecule has 2 aromatic heterocycles. The van der Waals surface area contributed by atoms with Crippen LogP contribution in [0.1, 0.15) is 5.56 Å². The Balaban J connectivity index is 2.03. The van der Waals surface area contributed by atoms with Crippen molar-refractivity contribution < 1.29 is 0 Å². The number of nitrogens with one attached hydrogen (secondary N) is 2. The Labute approximate surface area is 111 Å². The summed E-state index contributed by atoms with van der Waals surface area (Å²) in [5.74, 6) is 1.53. The van der Waals surface area contributed by atoms with E-state index in [-0.39, 0.29) is 0 Å². The Morgan fingerprint density at radius 1 is 1.16 bits per heavy atom. The van der Waals surface area contributed by atoms with Crippen LogP contribution in [0.3, 0.4) is 0 Å². The van der Waals surface area contributed by atoms with E-state index in [2.05, 4.69) is 39.7 Å². The van der Waals surface area contributed by atoms with Gasteiger partial charge in [-0.25, -0.2) is 9.97 Å². The summed E-state index contributed by atoms with van der Waals surface area (Å²) in [6.45, 7) is 2.07. The molecule has 1 aromatic carbocycles. The molecule has 0 aliphatic carbocycles. The quantitative estimate of drug-likeness (QED) is 0.753. The van der Waals surface area contributed by atoms with E-state index in [1.54, 1.807) is 6.20 Å². The number of rotatable bonds is 3. The van der Waals surface area contributed by atoms with Crippen molar-refractivity contribution in [2.75, 3.05) is 17.7 Å². The summed E-state index contributed by atoms with van der Waals surface area (Å²) in [6, 6.07) is 8.19. The third-order valence-corrected chi connectivity index (χ3v) is 2.94. The molecule has 0 aliphatic rings. The minimum Gasteiger partial charge on any atom is -0.372 e. The Morgan fingerprint density at radius 3 is 2.68 bits per heavy atom. The van der Waals surface area contributed by atoms with E-state index in [1.165, 1.54) is 5.56 Å². The third-order valence-electron chi connectivity index (χ3n) is 2.94. The second-order valence-corrected chi connectivity index (χ2v) is 4.37. The Morgan fingerprint density at radius 2 is 1.95 bits per heavy atom. The van der Waals surface area contributed by atoms with Gasteiger partial charge in [0.2, 0.25) is 0 Å². The van der Waals surface area contributed by atoms with E-state index in [0.717, 1.165) is 23.0 Å². The Hall–Kier alpha value is -2.56. The van der Waals surface area contributed by atoms with E-state index < -0.39 is 0 Å². The van der Waals surface area contributed by atoms with Crippen LogP contribution in [-0.4, -0.2) is 21.4 Å². The smallest absolute Gasteiger partial charge is 0.180 e. The molecule has 5 nitrogen and oxygen atoms in total. The number of aryl methyl sites for hydroxylation is 1. The normalized spacial score (nSPS) is 10.6. The van der Waals surface area contributed by atoms with Crippen molar-refractivity contribution >= 4 is 23.0 Å².